The zero-order valence-electron chi connectivity index (χ0n) is 7.09. The van der Waals surface area contributed by atoms with Crippen LogP contribution in [0.5, 0.6) is 0 Å². The fourth-order valence-corrected chi connectivity index (χ4v) is 2.67. The molecule has 5 nitrogen and oxygen atoms in total. The van der Waals surface area contributed by atoms with Gasteiger partial charge >= 0.3 is 0 Å². The molecule has 0 saturated carbocycles. The van der Waals surface area contributed by atoms with Crippen LogP contribution >= 0.6 is 21.4 Å². The number of hydrogen-bond acceptors (Lipinski definition) is 5. The fourth-order valence-electron chi connectivity index (χ4n) is 0.957. The molecule has 0 aromatic carbocycles. The van der Waals surface area contributed by atoms with Crippen molar-refractivity contribution in [1.29, 1.82) is 0 Å². The van der Waals surface area contributed by atoms with Crippen LogP contribution in [0.25, 0.3) is 0 Å². The van der Waals surface area contributed by atoms with Crippen LogP contribution in [0, 0.1) is 0 Å². The van der Waals surface area contributed by atoms with Gasteiger partial charge in [-0.05, 0) is 12.2 Å². The predicted molar refractivity (Wildman–Crippen MR) is 56.3 cm³/mol. The first-order chi connectivity index (χ1) is 6.56. The van der Waals surface area contributed by atoms with Crippen molar-refractivity contribution in [2.45, 2.75) is 11.4 Å². The number of hydrogen-bond donors (Lipinski definition) is 1. The first-order valence-electron chi connectivity index (χ1n) is 3.57. The minimum Gasteiger partial charge on any atom is -0.370 e. The summed E-state index contributed by atoms with van der Waals surface area (Å²) < 4.78 is 43.5. The minimum atomic E-state index is -4.24. The van der Waals surface area contributed by atoms with Crippen LogP contribution in [0.4, 0.5) is 0 Å². The third-order valence-corrected chi connectivity index (χ3v) is 5.16. The summed E-state index contributed by atoms with van der Waals surface area (Å²) in [7, 11) is 1.82. The molecule has 0 bridgehead atoms. The van der Waals surface area contributed by atoms with Gasteiger partial charge in [-0.2, -0.15) is 0 Å². The highest BCUT2D eigenvalue weighted by molar-refractivity contribution is 8.17. The molecule has 0 saturated heterocycles. The van der Waals surface area contributed by atoms with Gasteiger partial charge in [-0.1, -0.05) is 6.08 Å². The molecule has 0 spiro atoms. The molecule has 1 atom stereocenters. The molecule has 0 fully saturated rings. The summed E-state index contributed by atoms with van der Waals surface area (Å²) in [5, 5.41) is 9.50. The summed E-state index contributed by atoms with van der Waals surface area (Å²) in [5.41, 5.74) is 0. The smallest absolute Gasteiger partial charge is 0.266 e. The highest BCUT2D eigenvalue weighted by Crippen LogP contribution is 2.31. The van der Waals surface area contributed by atoms with E-state index in [1.807, 2.05) is 0 Å². The van der Waals surface area contributed by atoms with Gasteiger partial charge in [-0.15, -0.1) is 0 Å². The first-order valence-corrected chi connectivity index (χ1v) is 8.19. The molecule has 15 heavy (non-hydrogen) atoms. The lowest BCUT2D eigenvalue weighted by molar-refractivity contribution is 0.178. The Hall–Kier alpha value is -0.0800. The quantitative estimate of drug-likeness (QED) is 0.755. The van der Waals surface area contributed by atoms with Crippen molar-refractivity contribution in [1.82, 2.24) is 0 Å². The molecular weight excluding hydrogens is 287 g/mol. The largest absolute Gasteiger partial charge is 0.370 e. The SMILES string of the molecule is O=S(=O)(Cl)C1=CCC(O)(S(=O)(=O)Cl)C=C1. The van der Waals surface area contributed by atoms with E-state index in [2.05, 4.69) is 0 Å². The van der Waals surface area contributed by atoms with Crippen molar-refractivity contribution < 1.29 is 21.9 Å². The zero-order chi connectivity index (χ0) is 11.9. The Balaban J connectivity index is 3.10. The topological polar surface area (TPSA) is 88.5 Å². The van der Waals surface area contributed by atoms with Gasteiger partial charge in [0.25, 0.3) is 18.1 Å². The Kier molecular flexibility index (Phi) is 3.24. The zero-order valence-corrected chi connectivity index (χ0v) is 10.2. The van der Waals surface area contributed by atoms with Crippen molar-refractivity contribution in [2.24, 2.45) is 0 Å². The van der Waals surface area contributed by atoms with Gasteiger partial charge in [-0.25, -0.2) is 16.8 Å². The lowest BCUT2D eigenvalue weighted by Crippen LogP contribution is -2.33. The van der Waals surface area contributed by atoms with Crippen molar-refractivity contribution >= 4 is 39.5 Å². The average molecular weight is 293 g/mol. The molecule has 9 heteroatoms. The van der Waals surface area contributed by atoms with Crippen LogP contribution in [0.1, 0.15) is 6.42 Å². The fraction of sp³-hybridized carbons (Fsp3) is 0.333. The predicted octanol–water partition coefficient (Wildman–Crippen LogP) is 0.656. The lowest BCUT2D eigenvalue weighted by Gasteiger charge is -2.21. The molecule has 0 radical (unpaired) electrons. The van der Waals surface area contributed by atoms with E-state index in [0.29, 0.717) is 0 Å². The molecule has 0 aromatic heterocycles. The highest BCUT2D eigenvalue weighted by Gasteiger charge is 2.39. The molecule has 1 N–H and O–H groups in total. The maximum Gasteiger partial charge on any atom is 0.266 e. The third-order valence-electron chi connectivity index (χ3n) is 1.81. The van der Waals surface area contributed by atoms with E-state index in [4.69, 9.17) is 21.4 Å². The van der Waals surface area contributed by atoms with Gasteiger partial charge < -0.3 is 5.11 Å². The second kappa shape index (κ2) is 3.74. The third kappa shape index (κ3) is 2.73. The molecular formula is C6H6Cl2O5S2. The van der Waals surface area contributed by atoms with E-state index < -0.39 is 29.5 Å². The molecule has 0 amide bonds. The molecule has 1 aliphatic rings. The average Bonchev–Trinajstić information content (AvgIpc) is 2.01. The molecule has 1 aliphatic carbocycles. The number of allylic oxidation sites excluding steroid dienone is 1. The molecule has 0 heterocycles. The summed E-state index contributed by atoms with van der Waals surface area (Å²) in [6.45, 7) is 0. The molecule has 86 valence electrons. The maximum atomic E-state index is 10.9. The molecule has 1 unspecified atom stereocenters. The van der Waals surface area contributed by atoms with Gasteiger partial charge in [0.05, 0.1) is 4.91 Å². The van der Waals surface area contributed by atoms with Crippen LogP contribution in [0.15, 0.2) is 23.1 Å². The Morgan fingerprint density at radius 3 is 2.07 bits per heavy atom. The summed E-state index contributed by atoms with van der Waals surface area (Å²) >= 11 is 0. The van der Waals surface area contributed by atoms with Crippen LogP contribution in [0.2, 0.25) is 0 Å². The molecule has 0 aliphatic heterocycles. The lowest BCUT2D eigenvalue weighted by atomic mass is 10.1. The van der Waals surface area contributed by atoms with Gasteiger partial charge in [0, 0.05) is 27.8 Å². The Morgan fingerprint density at radius 2 is 1.80 bits per heavy atom. The van der Waals surface area contributed by atoms with Crippen LogP contribution in [0.3, 0.4) is 0 Å². The van der Waals surface area contributed by atoms with Crippen LogP contribution in [-0.2, 0) is 18.1 Å². The molecule has 1 rings (SSSR count). The van der Waals surface area contributed by atoms with Crippen LogP contribution in [-0.4, -0.2) is 26.9 Å². The van der Waals surface area contributed by atoms with Gasteiger partial charge in [0.15, 0.2) is 0 Å². The van der Waals surface area contributed by atoms with E-state index >= 15 is 0 Å². The normalized spacial score (nSPS) is 27.5. The van der Waals surface area contributed by atoms with Gasteiger partial charge in [-0.3, -0.25) is 0 Å². The Bertz CT molecular complexity index is 530. The van der Waals surface area contributed by atoms with Gasteiger partial charge in [0.2, 0.25) is 4.93 Å². The molecule has 0 aromatic rings. The van der Waals surface area contributed by atoms with Gasteiger partial charge in [0.1, 0.15) is 0 Å². The van der Waals surface area contributed by atoms with Crippen molar-refractivity contribution in [3.05, 3.63) is 23.1 Å². The van der Waals surface area contributed by atoms with E-state index in [-0.39, 0.29) is 4.91 Å². The summed E-state index contributed by atoms with van der Waals surface area (Å²) in [6, 6.07) is 0. The van der Waals surface area contributed by atoms with Crippen molar-refractivity contribution in [3.8, 4) is 0 Å². The van der Waals surface area contributed by atoms with Crippen molar-refractivity contribution in [3.63, 3.8) is 0 Å². The second-order valence-corrected chi connectivity index (χ2v) is 8.23. The number of aliphatic hydroxyl groups is 1. The van der Waals surface area contributed by atoms with E-state index in [0.717, 1.165) is 18.2 Å². The van der Waals surface area contributed by atoms with E-state index in [1.165, 1.54) is 0 Å². The standard InChI is InChI=1S/C6H6Cl2O5S2/c7-14(10,11)5-1-3-6(9,4-2-5)15(8,12)13/h1-3,9H,4H2. The van der Waals surface area contributed by atoms with E-state index in [9.17, 15) is 21.9 Å². The van der Waals surface area contributed by atoms with E-state index in [1.54, 1.807) is 0 Å². The minimum absolute atomic E-state index is 0.269. The number of rotatable bonds is 2. The summed E-state index contributed by atoms with van der Waals surface area (Å²) in [5.74, 6) is 0. The first kappa shape index (κ1) is 13.0. The van der Waals surface area contributed by atoms with Crippen LogP contribution < -0.4 is 0 Å². The summed E-state index contributed by atoms with van der Waals surface area (Å²) in [6.07, 6.45) is 2.20. The Labute approximate surface area is 95.8 Å². The monoisotopic (exact) mass is 292 g/mol. The summed E-state index contributed by atoms with van der Waals surface area (Å²) in [4.78, 5) is -2.55. The highest BCUT2D eigenvalue weighted by atomic mass is 35.7. The maximum absolute atomic E-state index is 10.9. The number of halogens is 2. The Morgan fingerprint density at radius 1 is 1.27 bits per heavy atom. The van der Waals surface area contributed by atoms with Crippen molar-refractivity contribution in [2.75, 3.05) is 0 Å². The second-order valence-electron chi connectivity index (χ2n) is 2.86.